The quantitative estimate of drug-likeness (QED) is 0.401. The Labute approximate surface area is 163 Å². The van der Waals surface area contributed by atoms with Gasteiger partial charge in [-0.2, -0.15) is 0 Å². The van der Waals surface area contributed by atoms with Gasteiger partial charge < -0.3 is 20.1 Å². The number of aryl methyl sites for hydroxylation is 1. The number of nitrogens with one attached hydrogen (secondary N) is 2. The third-order valence-electron chi connectivity index (χ3n) is 4.01. The lowest BCUT2D eigenvalue weighted by molar-refractivity contribution is 0.612. The number of guanidine groups is 1. The minimum Gasteiger partial charge on any atom is -0.352 e. The van der Waals surface area contributed by atoms with Gasteiger partial charge in [0.25, 0.3) is 0 Å². The highest BCUT2D eigenvalue weighted by Gasteiger charge is 2.25. The van der Waals surface area contributed by atoms with E-state index in [2.05, 4.69) is 30.8 Å². The molecule has 2 aromatic heterocycles. The summed E-state index contributed by atoms with van der Waals surface area (Å²) in [6.07, 6.45) is 4.16. The first-order chi connectivity index (χ1) is 11.7. The Kier molecular flexibility index (Phi) is 6.91. The molecule has 1 fully saturated rings. The van der Waals surface area contributed by atoms with Crippen molar-refractivity contribution >= 4 is 35.8 Å². The maximum absolute atomic E-state index is 13.8. The summed E-state index contributed by atoms with van der Waals surface area (Å²) in [6, 6.07) is 3.21. The molecule has 0 radical (unpaired) electrons. The predicted octanol–water partition coefficient (Wildman–Crippen LogP) is 0.911. The lowest BCUT2D eigenvalue weighted by atomic mass is 10.3. The average molecular weight is 460 g/mol. The zero-order chi connectivity index (χ0) is 16.9. The third kappa shape index (κ3) is 4.77. The molecule has 1 unspecified atom stereocenters. The van der Waals surface area contributed by atoms with E-state index in [4.69, 9.17) is 0 Å². The van der Waals surface area contributed by atoms with Crippen LogP contribution in [0.2, 0.25) is 0 Å². The van der Waals surface area contributed by atoms with Gasteiger partial charge in [0.15, 0.2) is 23.4 Å². The highest BCUT2D eigenvalue weighted by molar-refractivity contribution is 14.0. The van der Waals surface area contributed by atoms with Gasteiger partial charge in [-0.3, -0.25) is 4.99 Å². The number of aliphatic imine (C=N–C) groups is 1. The molecule has 0 saturated carbocycles. The summed E-state index contributed by atoms with van der Waals surface area (Å²) in [7, 11) is 3.61. The van der Waals surface area contributed by atoms with Crippen molar-refractivity contribution in [1.82, 2.24) is 30.4 Å². The van der Waals surface area contributed by atoms with E-state index in [9.17, 15) is 4.39 Å². The standard InChI is InChI=1S/C15H21FN8.HI/c1-17-15(19-8-13-22-20-10-23(13)2)21-11-5-7-24(9-11)14-12(16)4-3-6-18-14;/h3-4,6,10-11H,5,7-9H2,1-2H3,(H2,17,19,21);1H. The zero-order valence-corrected chi connectivity index (χ0v) is 16.5. The van der Waals surface area contributed by atoms with Gasteiger partial charge in [0.2, 0.25) is 0 Å². The summed E-state index contributed by atoms with van der Waals surface area (Å²) in [5.41, 5.74) is 0. The Morgan fingerprint density at radius 3 is 3.00 bits per heavy atom. The Morgan fingerprint density at radius 2 is 2.32 bits per heavy atom. The number of rotatable bonds is 4. The molecule has 0 amide bonds. The van der Waals surface area contributed by atoms with Crippen molar-refractivity contribution in [3.05, 3.63) is 36.3 Å². The van der Waals surface area contributed by atoms with E-state index in [-0.39, 0.29) is 35.8 Å². The number of halogens is 2. The van der Waals surface area contributed by atoms with Crippen LogP contribution in [0.25, 0.3) is 0 Å². The lowest BCUT2D eigenvalue weighted by Crippen LogP contribution is -2.44. The first-order valence-corrected chi connectivity index (χ1v) is 7.83. The fourth-order valence-electron chi connectivity index (χ4n) is 2.70. The molecule has 25 heavy (non-hydrogen) atoms. The number of hydrogen-bond acceptors (Lipinski definition) is 5. The van der Waals surface area contributed by atoms with Gasteiger partial charge in [-0.25, -0.2) is 9.37 Å². The lowest BCUT2D eigenvalue weighted by Gasteiger charge is -2.19. The van der Waals surface area contributed by atoms with Crippen molar-refractivity contribution in [2.24, 2.45) is 12.0 Å². The molecular formula is C15H22FIN8. The third-order valence-corrected chi connectivity index (χ3v) is 4.01. The molecule has 2 aromatic rings. The van der Waals surface area contributed by atoms with Gasteiger partial charge >= 0.3 is 0 Å². The second kappa shape index (κ2) is 8.92. The average Bonchev–Trinajstić information content (AvgIpc) is 3.21. The van der Waals surface area contributed by atoms with Gasteiger partial charge in [-0.05, 0) is 18.6 Å². The van der Waals surface area contributed by atoms with Gasteiger partial charge in [0.1, 0.15) is 6.33 Å². The minimum absolute atomic E-state index is 0. The van der Waals surface area contributed by atoms with Crippen molar-refractivity contribution < 1.29 is 4.39 Å². The molecule has 136 valence electrons. The Bertz CT molecular complexity index is 719. The molecule has 10 heteroatoms. The van der Waals surface area contributed by atoms with Crippen LogP contribution in [0.4, 0.5) is 10.2 Å². The first-order valence-electron chi connectivity index (χ1n) is 7.83. The number of nitrogens with zero attached hydrogens (tertiary/aromatic N) is 6. The molecule has 0 spiro atoms. The summed E-state index contributed by atoms with van der Waals surface area (Å²) >= 11 is 0. The van der Waals surface area contributed by atoms with Crippen LogP contribution >= 0.6 is 24.0 Å². The van der Waals surface area contributed by atoms with Crippen molar-refractivity contribution in [1.29, 1.82) is 0 Å². The fraction of sp³-hybridized carbons (Fsp3) is 0.467. The van der Waals surface area contributed by atoms with Crippen LogP contribution < -0.4 is 15.5 Å². The summed E-state index contributed by atoms with van der Waals surface area (Å²) in [5, 5.41) is 14.4. The predicted molar refractivity (Wildman–Crippen MR) is 105 cm³/mol. The van der Waals surface area contributed by atoms with Crippen LogP contribution in [0.5, 0.6) is 0 Å². The highest BCUT2D eigenvalue weighted by atomic mass is 127. The second-order valence-electron chi connectivity index (χ2n) is 5.67. The molecule has 0 aliphatic carbocycles. The zero-order valence-electron chi connectivity index (χ0n) is 14.2. The summed E-state index contributed by atoms with van der Waals surface area (Å²) < 4.78 is 15.7. The van der Waals surface area contributed by atoms with E-state index >= 15 is 0 Å². The maximum atomic E-state index is 13.8. The Balaban J connectivity index is 0.00000225. The first kappa shape index (κ1) is 19.3. The van der Waals surface area contributed by atoms with Crippen LogP contribution in [0, 0.1) is 5.82 Å². The maximum Gasteiger partial charge on any atom is 0.191 e. The van der Waals surface area contributed by atoms with Crippen molar-refractivity contribution in [2.75, 3.05) is 25.0 Å². The van der Waals surface area contributed by atoms with Crippen LogP contribution in [0.3, 0.4) is 0 Å². The van der Waals surface area contributed by atoms with Gasteiger partial charge in [0, 0.05) is 39.4 Å². The number of pyridine rings is 1. The van der Waals surface area contributed by atoms with Crippen molar-refractivity contribution in [2.45, 2.75) is 19.0 Å². The molecule has 1 aliphatic rings. The van der Waals surface area contributed by atoms with E-state index in [1.165, 1.54) is 6.07 Å². The van der Waals surface area contributed by atoms with Crippen molar-refractivity contribution in [3.63, 3.8) is 0 Å². The van der Waals surface area contributed by atoms with Crippen LogP contribution in [-0.4, -0.2) is 51.9 Å². The normalized spacial score (nSPS) is 17.3. The van der Waals surface area contributed by atoms with Gasteiger partial charge in [0.05, 0.1) is 6.54 Å². The van der Waals surface area contributed by atoms with Gasteiger partial charge in [-0.1, -0.05) is 0 Å². The van der Waals surface area contributed by atoms with Crippen LogP contribution in [0.1, 0.15) is 12.2 Å². The molecule has 1 atom stereocenters. The van der Waals surface area contributed by atoms with E-state index in [1.54, 1.807) is 25.6 Å². The van der Waals surface area contributed by atoms with Crippen LogP contribution in [0.15, 0.2) is 29.6 Å². The summed E-state index contributed by atoms with van der Waals surface area (Å²) in [4.78, 5) is 10.3. The topological polar surface area (TPSA) is 83.3 Å². The summed E-state index contributed by atoms with van der Waals surface area (Å²) in [6.45, 7) is 1.96. The molecule has 0 aromatic carbocycles. The van der Waals surface area contributed by atoms with Crippen LogP contribution in [-0.2, 0) is 13.6 Å². The minimum atomic E-state index is -0.289. The Morgan fingerprint density at radius 1 is 1.48 bits per heavy atom. The SMILES string of the molecule is CN=C(NCc1nncn1C)NC1CCN(c2ncccc2F)C1.I. The fourth-order valence-corrected chi connectivity index (χ4v) is 2.70. The number of aromatic nitrogens is 4. The molecule has 0 bridgehead atoms. The van der Waals surface area contributed by atoms with E-state index in [0.29, 0.717) is 24.9 Å². The monoisotopic (exact) mass is 460 g/mol. The molecule has 3 rings (SSSR count). The molecule has 1 saturated heterocycles. The Hall–Kier alpha value is -1.98. The second-order valence-corrected chi connectivity index (χ2v) is 5.67. The van der Waals surface area contributed by atoms with E-state index < -0.39 is 0 Å². The largest absolute Gasteiger partial charge is 0.352 e. The van der Waals surface area contributed by atoms with Crippen molar-refractivity contribution in [3.8, 4) is 0 Å². The highest BCUT2D eigenvalue weighted by Crippen LogP contribution is 2.20. The molecule has 3 heterocycles. The molecule has 8 nitrogen and oxygen atoms in total. The molecular weight excluding hydrogens is 438 g/mol. The smallest absolute Gasteiger partial charge is 0.191 e. The van der Waals surface area contributed by atoms with Gasteiger partial charge in [-0.15, -0.1) is 34.2 Å². The molecule has 2 N–H and O–H groups in total. The molecule has 1 aliphatic heterocycles. The number of hydrogen-bond donors (Lipinski definition) is 2. The number of anilines is 1. The van der Waals surface area contributed by atoms with E-state index in [1.807, 2.05) is 16.5 Å². The van der Waals surface area contributed by atoms with E-state index in [0.717, 1.165) is 18.8 Å². The summed E-state index contributed by atoms with van der Waals surface area (Å²) in [5.74, 6) is 1.62.